The molecule has 0 heterocycles. The van der Waals surface area contributed by atoms with Crippen LogP contribution in [0.15, 0.2) is 12.7 Å². The molecule has 2 saturated carbocycles. The number of rotatable bonds is 7. The lowest BCUT2D eigenvalue weighted by molar-refractivity contribution is 0.135. The monoisotopic (exact) mass is 209 g/mol. The van der Waals surface area contributed by atoms with E-state index in [2.05, 4.69) is 11.9 Å². The Bertz CT molecular complexity index is 205. The predicted octanol–water partition coefficient (Wildman–Crippen LogP) is 2.36. The maximum absolute atomic E-state index is 5.48. The fourth-order valence-electron chi connectivity index (χ4n) is 3.08. The molecule has 2 fully saturated rings. The van der Waals surface area contributed by atoms with Crippen molar-refractivity contribution in [2.75, 3.05) is 19.8 Å². The molecule has 2 nitrogen and oxygen atoms in total. The first kappa shape index (κ1) is 11.2. The van der Waals surface area contributed by atoms with Gasteiger partial charge in [-0.2, -0.15) is 0 Å². The molecule has 0 aromatic heterocycles. The maximum Gasteiger partial charge on any atom is 0.0591 e. The zero-order valence-corrected chi connectivity index (χ0v) is 9.58. The Morgan fingerprint density at radius 1 is 1.27 bits per heavy atom. The third-order valence-electron chi connectivity index (χ3n) is 3.86. The van der Waals surface area contributed by atoms with Crippen molar-refractivity contribution in [1.29, 1.82) is 0 Å². The molecule has 3 unspecified atom stereocenters. The van der Waals surface area contributed by atoms with Crippen molar-refractivity contribution in [2.45, 2.75) is 38.1 Å². The Morgan fingerprint density at radius 2 is 2.20 bits per heavy atom. The van der Waals surface area contributed by atoms with Crippen molar-refractivity contribution in [1.82, 2.24) is 5.32 Å². The van der Waals surface area contributed by atoms with Crippen molar-refractivity contribution < 1.29 is 4.74 Å². The van der Waals surface area contributed by atoms with Crippen LogP contribution in [0.3, 0.4) is 0 Å². The van der Waals surface area contributed by atoms with Gasteiger partial charge in [0.25, 0.3) is 0 Å². The topological polar surface area (TPSA) is 21.3 Å². The minimum absolute atomic E-state index is 0.798. The third kappa shape index (κ3) is 3.05. The summed E-state index contributed by atoms with van der Waals surface area (Å²) >= 11 is 0. The average Bonchev–Trinajstić information content (AvgIpc) is 2.85. The summed E-state index contributed by atoms with van der Waals surface area (Å²) in [5, 5.41) is 3.64. The number of hydrogen-bond donors (Lipinski definition) is 1. The Hall–Kier alpha value is -0.340. The van der Waals surface area contributed by atoms with E-state index in [4.69, 9.17) is 4.74 Å². The summed E-state index contributed by atoms with van der Waals surface area (Å²) in [7, 11) is 0. The number of hydrogen-bond acceptors (Lipinski definition) is 2. The molecular weight excluding hydrogens is 186 g/mol. The highest BCUT2D eigenvalue weighted by Crippen LogP contribution is 2.44. The van der Waals surface area contributed by atoms with Crippen LogP contribution >= 0.6 is 0 Å². The van der Waals surface area contributed by atoms with Crippen LogP contribution in [0, 0.1) is 11.8 Å². The van der Waals surface area contributed by atoms with Gasteiger partial charge in [-0.3, -0.25) is 0 Å². The molecule has 2 heteroatoms. The first-order valence-electron chi connectivity index (χ1n) is 6.32. The third-order valence-corrected chi connectivity index (χ3v) is 3.86. The zero-order valence-electron chi connectivity index (χ0n) is 9.58. The van der Waals surface area contributed by atoms with Gasteiger partial charge in [-0.05, 0) is 37.5 Å². The van der Waals surface area contributed by atoms with Crippen molar-refractivity contribution in [2.24, 2.45) is 11.8 Å². The van der Waals surface area contributed by atoms with Crippen LogP contribution in [0.5, 0.6) is 0 Å². The minimum Gasteiger partial charge on any atom is -0.380 e. The first-order valence-corrected chi connectivity index (χ1v) is 6.32. The van der Waals surface area contributed by atoms with Gasteiger partial charge >= 0.3 is 0 Å². The summed E-state index contributed by atoms with van der Waals surface area (Å²) in [6, 6.07) is 0.798. The predicted molar refractivity (Wildman–Crippen MR) is 62.9 cm³/mol. The number of fused-ring (bicyclic) bond motifs is 2. The summed E-state index contributed by atoms with van der Waals surface area (Å²) in [5.41, 5.74) is 0. The minimum atomic E-state index is 0.798. The van der Waals surface area contributed by atoms with Gasteiger partial charge in [0.2, 0.25) is 0 Å². The lowest BCUT2D eigenvalue weighted by atomic mass is 9.95. The molecule has 0 saturated heterocycles. The molecule has 15 heavy (non-hydrogen) atoms. The number of nitrogens with one attached hydrogen (secondary N) is 1. The molecule has 0 spiro atoms. The average molecular weight is 209 g/mol. The molecule has 2 aliphatic rings. The largest absolute Gasteiger partial charge is 0.380 e. The Labute approximate surface area is 93.1 Å². The van der Waals surface area contributed by atoms with Crippen molar-refractivity contribution in [3.05, 3.63) is 12.7 Å². The van der Waals surface area contributed by atoms with Gasteiger partial charge in [0.05, 0.1) is 13.2 Å². The molecule has 2 aliphatic carbocycles. The highest BCUT2D eigenvalue weighted by molar-refractivity contribution is 4.93. The van der Waals surface area contributed by atoms with Crippen molar-refractivity contribution in [3.63, 3.8) is 0 Å². The molecule has 2 bridgehead atoms. The van der Waals surface area contributed by atoms with E-state index in [1.807, 2.05) is 6.08 Å². The first-order chi connectivity index (χ1) is 7.40. The number of ether oxygens (including phenoxy) is 1. The Morgan fingerprint density at radius 3 is 2.87 bits per heavy atom. The van der Waals surface area contributed by atoms with E-state index in [0.717, 1.165) is 44.1 Å². The molecule has 0 aromatic rings. The smallest absolute Gasteiger partial charge is 0.0591 e. The van der Waals surface area contributed by atoms with Crippen LogP contribution in [0.1, 0.15) is 32.1 Å². The second-order valence-corrected chi connectivity index (χ2v) is 4.93. The second kappa shape index (κ2) is 5.66. The maximum atomic E-state index is 5.48. The van der Waals surface area contributed by atoms with E-state index in [9.17, 15) is 0 Å². The van der Waals surface area contributed by atoms with Crippen LogP contribution in [-0.2, 0) is 4.74 Å². The standard InChI is InChI=1S/C13H23NO/c1-2-3-7-15-8-6-14-13-10-11-4-5-12(13)9-11/h2,11-14H,1,3-10H2. The lowest BCUT2D eigenvalue weighted by Crippen LogP contribution is -2.36. The van der Waals surface area contributed by atoms with E-state index in [1.165, 1.54) is 25.7 Å². The van der Waals surface area contributed by atoms with Gasteiger partial charge in [0.1, 0.15) is 0 Å². The van der Waals surface area contributed by atoms with Crippen molar-refractivity contribution in [3.8, 4) is 0 Å². The molecule has 1 N–H and O–H groups in total. The summed E-state index contributed by atoms with van der Waals surface area (Å²) in [4.78, 5) is 0. The fraction of sp³-hybridized carbons (Fsp3) is 0.846. The SMILES string of the molecule is C=CCCOCCNC1CC2CCC1C2. The van der Waals surface area contributed by atoms with E-state index in [1.54, 1.807) is 0 Å². The van der Waals surface area contributed by atoms with Gasteiger partial charge < -0.3 is 10.1 Å². The molecule has 0 aromatic carbocycles. The molecule has 0 amide bonds. The van der Waals surface area contributed by atoms with E-state index < -0.39 is 0 Å². The van der Waals surface area contributed by atoms with E-state index >= 15 is 0 Å². The molecule has 2 rings (SSSR count). The van der Waals surface area contributed by atoms with Gasteiger partial charge in [-0.15, -0.1) is 6.58 Å². The van der Waals surface area contributed by atoms with Crippen LogP contribution in [0.25, 0.3) is 0 Å². The molecular formula is C13H23NO. The zero-order chi connectivity index (χ0) is 10.5. The van der Waals surface area contributed by atoms with E-state index in [-0.39, 0.29) is 0 Å². The normalized spacial score (nSPS) is 33.5. The summed E-state index contributed by atoms with van der Waals surface area (Å²) in [6.45, 7) is 6.36. The molecule has 0 radical (unpaired) electrons. The summed E-state index contributed by atoms with van der Waals surface area (Å²) in [6.07, 6.45) is 8.71. The van der Waals surface area contributed by atoms with Crippen LogP contribution in [0.2, 0.25) is 0 Å². The van der Waals surface area contributed by atoms with Gasteiger partial charge in [-0.25, -0.2) is 0 Å². The summed E-state index contributed by atoms with van der Waals surface area (Å²) < 4.78 is 5.48. The molecule has 3 atom stereocenters. The quantitative estimate of drug-likeness (QED) is 0.513. The molecule has 0 aliphatic heterocycles. The Balaban J connectivity index is 1.50. The highest BCUT2D eigenvalue weighted by Gasteiger charge is 2.38. The van der Waals surface area contributed by atoms with Gasteiger partial charge in [-0.1, -0.05) is 12.5 Å². The van der Waals surface area contributed by atoms with Crippen LogP contribution < -0.4 is 5.32 Å². The lowest BCUT2D eigenvalue weighted by Gasteiger charge is -2.22. The second-order valence-electron chi connectivity index (χ2n) is 4.93. The Kier molecular flexibility index (Phi) is 4.21. The van der Waals surface area contributed by atoms with Crippen LogP contribution in [-0.4, -0.2) is 25.8 Å². The van der Waals surface area contributed by atoms with E-state index in [0.29, 0.717) is 0 Å². The fourth-order valence-corrected chi connectivity index (χ4v) is 3.08. The van der Waals surface area contributed by atoms with Gasteiger partial charge in [0, 0.05) is 12.6 Å². The van der Waals surface area contributed by atoms with Crippen molar-refractivity contribution >= 4 is 0 Å². The highest BCUT2D eigenvalue weighted by atomic mass is 16.5. The van der Waals surface area contributed by atoms with Gasteiger partial charge in [0.15, 0.2) is 0 Å². The van der Waals surface area contributed by atoms with Crippen LogP contribution in [0.4, 0.5) is 0 Å². The molecule has 86 valence electrons. The summed E-state index contributed by atoms with van der Waals surface area (Å²) in [5.74, 6) is 2.01.